The molecule has 0 aliphatic heterocycles. The Morgan fingerprint density at radius 1 is 0.453 bits per heavy atom. The van der Waals surface area contributed by atoms with E-state index in [1.54, 1.807) is 60.7 Å². The molecule has 2 heterocycles. The maximum atomic E-state index is 13.4. The fourth-order valence-corrected chi connectivity index (χ4v) is 9.67. The van der Waals surface area contributed by atoms with Crippen molar-refractivity contribution >= 4 is 111 Å². The van der Waals surface area contributed by atoms with E-state index < -0.39 is 31.5 Å². The molecule has 12 nitrogen and oxygen atoms in total. The maximum Gasteiger partial charge on any atom is 0.256 e. The Labute approximate surface area is 453 Å². The van der Waals surface area contributed by atoms with Crippen molar-refractivity contribution in [2.24, 2.45) is 0 Å². The molecule has 0 radical (unpaired) electrons. The first-order valence-electron chi connectivity index (χ1n) is 22.9. The van der Waals surface area contributed by atoms with Gasteiger partial charge >= 0.3 is 0 Å². The SMILES string of the molecule is CC.CS(=O)(=O)c1ccc(C(=O)Nc2ccc(Cl)c(-c3nc4ccccc4o3)c2)c(-c2ccc(Cl)c(Cl)c2)c1.Cc1ccc(-c2cc(S(C)(=O)=O)ccc2C(=O)Nc2ccc(Cl)c(-c3nc4ccccc4o3)c2)cc1. The van der Waals surface area contributed by atoms with Crippen molar-refractivity contribution in [2.45, 2.75) is 30.6 Å². The number of carbonyl (C=O) groups excluding carboxylic acids is 2. The third-order valence-electron chi connectivity index (χ3n) is 11.4. The van der Waals surface area contributed by atoms with E-state index in [2.05, 4.69) is 20.6 Å². The van der Waals surface area contributed by atoms with Crippen molar-refractivity contribution in [1.29, 1.82) is 0 Å². The lowest BCUT2D eigenvalue weighted by Gasteiger charge is -2.13. The molecule has 2 aromatic heterocycles. The second-order valence-electron chi connectivity index (χ2n) is 16.7. The highest BCUT2D eigenvalue weighted by Crippen LogP contribution is 2.37. The van der Waals surface area contributed by atoms with Crippen molar-refractivity contribution in [3.8, 4) is 45.2 Å². The zero-order valence-electron chi connectivity index (χ0n) is 40.6. The van der Waals surface area contributed by atoms with Crippen LogP contribution in [-0.2, 0) is 19.7 Å². The second kappa shape index (κ2) is 22.7. The van der Waals surface area contributed by atoms with Gasteiger partial charge in [-0.25, -0.2) is 26.8 Å². The summed E-state index contributed by atoms with van der Waals surface area (Å²) in [6.07, 6.45) is 2.24. The zero-order chi connectivity index (χ0) is 53.8. The lowest BCUT2D eigenvalue weighted by molar-refractivity contribution is 0.101. The number of nitrogens with zero attached hydrogens (tertiary/aromatic N) is 2. The van der Waals surface area contributed by atoms with Crippen LogP contribution < -0.4 is 10.6 Å². The number of hydrogen-bond donors (Lipinski definition) is 2. The third kappa shape index (κ3) is 12.5. The quantitative estimate of drug-likeness (QED) is 0.134. The molecule has 0 fully saturated rings. The number of rotatable bonds is 10. The molecule has 0 aliphatic carbocycles. The molecule has 0 saturated carbocycles. The Kier molecular flexibility index (Phi) is 16.3. The molecule has 380 valence electrons. The van der Waals surface area contributed by atoms with Gasteiger partial charge in [-0.15, -0.1) is 0 Å². The number of sulfone groups is 2. The Morgan fingerprint density at radius 2 is 0.867 bits per heavy atom. The summed E-state index contributed by atoms with van der Waals surface area (Å²) in [6.45, 7) is 5.96. The normalized spacial score (nSPS) is 11.3. The largest absolute Gasteiger partial charge is 0.436 e. The minimum absolute atomic E-state index is 0.0647. The number of nitrogens with one attached hydrogen (secondary N) is 2. The summed E-state index contributed by atoms with van der Waals surface area (Å²) in [5.41, 5.74) is 8.40. The van der Waals surface area contributed by atoms with Gasteiger partial charge in [-0.3, -0.25) is 9.59 Å². The minimum Gasteiger partial charge on any atom is -0.436 e. The Hall–Kier alpha value is -7.30. The smallest absolute Gasteiger partial charge is 0.256 e. The van der Waals surface area contributed by atoms with Crippen LogP contribution in [-0.4, -0.2) is 51.1 Å². The van der Waals surface area contributed by atoms with Crippen LogP contribution in [0.25, 0.3) is 67.4 Å². The second-order valence-corrected chi connectivity index (χ2v) is 22.4. The number of hydrogen-bond acceptors (Lipinski definition) is 10. The van der Waals surface area contributed by atoms with Gasteiger partial charge in [0.25, 0.3) is 11.8 Å². The number of amides is 2. The molecule has 18 heteroatoms. The number of halogens is 4. The van der Waals surface area contributed by atoms with Crippen molar-refractivity contribution in [3.63, 3.8) is 0 Å². The number of aryl methyl sites for hydroxylation is 1. The fraction of sp³-hybridized carbons (Fsp3) is 0.0877. The first-order chi connectivity index (χ1) is 35.8. The number of carbonyl (C=O) groups is 2. The van der Waals surface area contributed by atoms with Crippen LogP contribution in [0.15, 0.2) is 182 Å². The Morgan fingerprint density at radius 3 is 1.29 bits per heavy atom. The van der Waals surface area contributed by atoms with Gasteiger partial charge in [0.2, 0.25) is 11.8 Å². The monoisotopic (exact) mass is 1120 g/mol. The maximum absolute atomic E-state index is 13.4. The number of benzene rings is 8. The highest BCUT2D eigenvalue weighted by Gasteiger charge is 2.22. The van der Waals surface area contributed by atoms with Crippen LogP contribution in [0.1, 0.15) is 40.1 Å². The van der Waals surface area contributed by atoms with E-state index in [0.29, 0.717) is 93.8 Å². The van der Waals surface area contributed by atoms with Crippen molar-refractivity contribution < 1.29 is 35.3 Å². The van der Waals surface area contributed by atoms with E-state index in [1.807, 2.05) is 87.5 Å². The number of oxazole rings is 2. The lowest BCUT2D eigenvalue weighted by atomic mass is 9.98. The first-order valence-corrected chi connectivity index (χ1v) is 28.2. The molecular formula is C57H44Cl4N4O8S2. The van der Waals surface area contributed by atoms with E-state index in [4.69, 9.17) is 55.2 Å². The summed E-state index contributed by atoms with van der Waals surface area (Å²) in [5.74, 6) is -0.199. The summed E-state index contributed by atoms with van der Waals surface area (Å²) >= 11 is 25.1. The minimum atomic E-state index is -3.53. The predicted octanol–water partition coefficient (Wildman–Crippen LogP) is 15.6. The van der Waals surface area contributed by atoms with Crippen molar-refractivity contribution in [1.82, 2.24) is 9.97 Å². The van der Waals surface area contributed by atoms with Gasteiger partial charge < -0.3 is 19.5 Å². The molecular weight excluding hydrogens is 1070 g/mol. The number of aromatic nitrogens is 2. The van der Waals surface area contributed by atoms with E-state index in [0.717, 1.165) is 23.6 Å². The molecule has 0 unspecified atom stereocenters. The van der Waals surface area contributed by atoms with Gasteiger partial charge in [-0.1, -0.05) is 120 Å². The van der Waals surface area contributed by atoms with Gasteiger partial charge in [-0.2, -0.15) is 0 Å². The average molecular weight is 1120 g/mol. The summed E-state index contributed by atoms with van der Waals surface area (Å²) in [6, 6.07) is 45.9. The lowest BCUT2D eigenvalue weighted by Crippen LogP contribution is -2.14. The third-order valence-corrected chi connectivity index (χ3v) is 15.0. The van der Waals surface area contributed by atoms with Crippen molar-refractivity contribution in [3.05, 3.63) is 201 Å². The first kappa shape index (κ1) is 54.0. The van der Waals surface area contributed by atoms with Crippen LogP contribution in [0.4, 0.5) is 11.4 Å². The molecule has 10 aromatic rings. The van der Waals surface area contributed by atoms with Crippen LogP contribution >= 0.6 is 46.4 Å². The molecule has 0 bridgehead atoms. The molecule has 0 saturated heterocycles. The van der Waals surface area contributed by atoms with Gasteiger partial charge in [0, 0.05) is 35.0 Å². The number of fused-ring (bicyclic) bond motifs is 2. The Balaban J connectivity index is 0.000000193. The molecule has 0 aliphatic rings. The van der Waals surface area contributed by atoms with E-state index in [9.17, 15) is 26.4 Å². The molecule has 2 amide bonds. The molecule has 8 aromatic carbocycles. The summed E-state index contributed by atoms with van der Waals surface area (Å²) in [5, 5.41) is 7.18. The summed E-state index contributed by atoms with van der Waals surface area (Å²) in [7, 11) is -6.99. The molecule has 10 rings (SSSR count). The van der Waals surface area contributed by atoms with Crippen molar-refractivity contribution in [2.75, 3.05) is 23.1 Å². The molecule has 75 heavy (non-hydrogen) atoms. The van der Waals surface area contributed by atoms with Crippen LogP contribution in [0.2, 0.25) is 20.1 Å². The zero-order valence-corrected chi connectivity index (χ0v) is 45.2. The highest BCUT2D eigenvalue weighted by atomic mass is 35.5. The van der Waals surface area contributed by atoms with E-state index >= 15 is 0 Å². The van der Waals surface area contributed by atoms with Gasteiger partial charge in [0.05, 0.1) is 41.0 Å². The molecule has 0 atom stereocenters. The summed E-state index contributed by atoms with van der Waals surface area (Å²) < 4.78 is 60.5. The van der Waals surface area contributed by atoms with E-state index in [1.165, 1.54) is 36.4 Å². The number of anilines is 2. The molecule has 2 N–H and O–H groups in total. The van der Waals surface area contributed by atoms with Crippen LogP contribution in [0, 0.1) is 6.92 Å². The highest BCUT2D eigenvalue weighted by molar-refractivity contribution is 7.91. The topological polar surface area (TPSA) is 179 Å². The summed E-state index contributed by atoms with van der Waals surface area (Å²) in [4.78, 5) is 36.0. The fourth-order valence-electron chi connectivity index (χ4n) is 7.68. The van der Waals surface area contributed by atoms with E-state index in [-0.39, 0.29) is 20.4 Å². The van der Waals surface area contributed by atoms with Gasteiger partial charge in [0.15, 0.2) is 30.8 Å². The van der Waals surface area contributed by atoms with Gasteiger partial charge in [0.1, 0.15) is 11.0 Å². The predicted molar refractivity (Wildman–Crippen MR) is 301 cm³/mol. The van der Waals surface area contributed by atoms with Crippen LogP contribution in [0.5, 0.6) is 0 Å². The van der Waals surface area contributed by atoms with Crippen LogP contribution in [0.3, 0.4) is 0 Å². The molecule has 0 spiro atoms. The Bertz CT molecular complexity index is 3980. The number of para-hydroxylation sites is 4. The van der Waals surface area contributed by atoms with Gasteiger partial charge in [-0.05, 0) is 138 Å². The standard InChI is InChI=1S/C28H21ClN2O4S.C27H17Cl3N2O4S.C2H6/c1-17-7-9-18(10-8-17)22-16-20(36(2,33)34)12-13-21(22)27(32)30-19-11-14-24(29)23(15-19)28-31-25-5-3-4-6-26(25)35-28;1-37(34,35)17-8-9-18(19(14-17)15-6-10-22(29)23(30)12-15)26(33)31-16-7-11-21(28)20(13-16)27-32-24-4-2-3-5-25(24)36-27;1-2/h3-16H,1-2H3,(H,30,32);2-14H,1H3,(H,31,33);1-2H3. The average Bonchev–Trinajstić information content (AvgIpc) is 4.04.